The van der Waals surface area contributed by atoms with Gasteiger partial charge in [0.25, 0.3) is 0 Å². The lowest BCUT2D eigenvalue weighted by molar-refractivity contribution is 0.101. The van der Waals surface area contributed by atoms with Crippen molar-refractivity contribution in [1.82, 2.24) is 9.97 Å². The number of Topliss-reactive ketones (excluding diaryl/α,β-unsaturated/α-hetero) is 1. The van der Waals surface area contributed by atoms with Crippen LogP contribution in [0, 0.1) is 0 Å². The minimum absolute atomic E-state index is 0.0921. The zero-order chi connectivity index (χ0) is 8.97. The highest BCUT2D eigenvalue weighted by Crippen LogP contribution is 2.03. The number of hydrogen-bond acceptors (Lipinski definition) is 4. The molecule has 0 fully saturated rings. The van der Waals surface area contributed by atoms with E-state index < -0.39 is 0 Å². The van der Waals surface area contributed by atoms with Crippen LogP contribution in [0.2, 0.25) is 0 Å². The normalized spacial score (nSPS) is 9.50. The monoisotopic (exact) mass is 166 g/mol. The minimum Gasteiger partial charge on any atom is -0.477 e. The molecular formula is C8H10N2O2. The summed E-state index contributed by atoms with van der Waals surface area (Å²) in [6.45, 7) is 3.86. The lowest BCUT2D eigenvalue weighted by Crippen LogP contribution is -2.00. The van der Waals surface area contributed by atoms with Gasteiger partial charge in [0.1, 0.15) is 5.69 Å². The molecule has 1 aromatic rings. The quantitative estimate of drug-likeness (QED) is 0.630. The van der Waals surface area contributed by atoms with Crippen molar-refractivity contribution in [3.05, 3.63) is 18.1 Å². The summed E-state index contributed by atoms with van der Waals surface area (Å²) in [5.41, 5.74) is 0.360. The van der Waals surface area contributed by atoms with E-state index in [-0.39, 0.29) is 5.78 Å². The lowest BCUT2D eigenvalue weighted by Gasteiger charge is -2.00. The van der Waals surface area contributed by atoms with Gasteiger partial charge in [-0.1, -0.05) is 0 Å². The van der Waals surface area contributed by atoms with E-state index in [1.54, 1.807) is 0 Å². The molecule has 0 saturated carbocycles. The Hall–Kier alpha value is -1.45. The van der Waals surface area contributed by atoms with Crippen molar-refractivity contribution >= 4 is 5.78 Å². The molecule has 0 aromatic carbocycles. The fourth-order valence-electron chi connectivity index (χ4n) is 0.720. The molecule has 0 spiro atoms. The van der Waals surface area contributed by atoms with E-state index in [2.05, 4.69) is 9.97 Å². The van der Waals surface area contributed by atoms with E-state index in [0.717, 1.165) is 0 Å². The maximum absolute atomic E-state index is 10.8. The first-order chi connectivity index (χ1) is 5.74. The Morgan fingerprint density at radius 1 is 1.50 bits per heavy atom. The largest absolute Gasteiger partial charge is 0.477 e. The minimum atomic E-state index is -0.0921. The molecule has 4 heteroatoms. The van der Waals surface area contributed by atoms with Crippen LogP contribution < -0.4 is 4.74 Å². The van der Waals surface area contributed by atoms with Gasteiger partial charge in [0.05, 0.1) is 19.0 Å². The third-order valence-electron chi connectivity index (χ3n) is 1.28. The van der Waals surface area contributed by atoms with Gasteiger partial charge in [-0.3, -0.25) is 4.79 Å². The number of hydrogen-bond donors (Lipinski definition) is 0. The summed E-state index contributed by atoms with van der Waals surface area (Å²) < 4.78 is 5.06. The van der Waals surface area contributed by atoms with Crippen molar-refractivity contribution in [3.8, 4) is 5.88 Å². The molecule has 0 radical (unpaired) electrons. The van der Waals surface area contributed by atoms with E-state index in [0.29, 0.717) is 18.2 Å². The Labute approximate surface area is 70.6 Å². The van der Waals surface area contributed by atoms with Crippen LogP contribution in [0.5, 0.6) is 5.88 Å². The van der Waals surface area contributed by atoms with Crippen LogP contribution in [0.15, 0.2) is 12.4 Å². The smallest absolute Gasteiger partial charge is 0.232 e. The molecule has 4 nitrogen and oxygen atoms in total. The number of carbonyl (C=O) groups excluding carboxylic acids is 1. The van der Waals surface area contributed by atoms with Gasteiger partial charge in [0.2, 0.25) is 5.88 Å². The molecule has 0 aliphatic rings. The zero-order valence-electron chi connectivity index (χ0n) is 7.07. The first-order valence-corrected chi connectivity index (χ1v) is 3.69. The van der Waals surface area contributed by atoms with Crippen molar-refractivity contribution in [2.75, 3.05) is 6.61 Å². The molecule has 0 aliphatic heterocycles. The number of ketones is 1. The van der Waals surface area contributed by atoms with Gasteiger partial charge < -0.3 is 4.74 Å². The molecule has 0 amide bonds. The molecule has 0 atom stereocenters. The van der Waals surface area contributed by atoms with Crippen molar-refractivity contribution in [2.24, 2.45) is 0 Å². The van der Waals surface area contributed by atoms with Gasteiger partial charge >= 0.3 is 0 Å². The molecule has 1 heterocycles. The number of rotatable bonds is 3. The second-order valence-electron chi connectivity index (χ2n) is 2.23. The molecule has 1 rings (SSSR count). The predicted molar refractivity (Wildman–Crippen MR) is 43.2 cm³/mol. The van der Waals surface area contributed by atoms with E-state index in [4.69, 9.17) is 4.74 Å². The molecular weight excluding hydrogens is 156 g/mol. The highest BCUT2D eigenvalue weighted by atomic mass is 16.5. The van der Waals surface area contributed by atoms with Crippen LogP contribution in [0.1, 0.15) is 24.3 Å². The van der Waals surface area contributed by atoms with Gasteiger partial charge in [0, 0.05) is 6.92 Å². The first kappa shape index (κ1) is 8.64. The maximum atomic E-state index is 10.8. The average Bonchev–Trinajstić information content (AvgIpc) is 2.06. The first-order valence-electron chi connectivity index (χ1n) is 3.69. The molecule has 1 aromatic heterocycles. The standard InChI is InChI=1S/C8H10N2O2/c1-3-12-8-5-9-7(4-10-8)6(2)11/h4-5H,3H2,1-2H3. The second kappa shape index (κ2) is 3.80. The van der Waals surface area contributed by atoms with Crippen LogP contribution in [0.25, 0.3) is 0 Å². The zero-order valence-corrected chi connectivity index (χ0v) is 7.07. The van der Waals surface area contributed by atoms with Crippen molar-refractivity contribution in [3.63, 3.8) is 0 Å². The summed E-state index contributed by atoms with van der Waals surface area (Å²) in [6, 6.07) is 0. The van der Waals surface area contributed by atoms with Gasteiger partial charge in [0.15, 0.2) is 5.78 Å². The Bertz CT molecular complexity index is 269. The molecule has 0 N–H and O–H groups in total. The molecule has 0 saturated heterocycles. The van der Waals surface area contributed by atoms with Crippen LogP contribution in [-0.4, -0.2) is 22.4 Å². The third-order valence-corrected chi connectivity index (χ3v) is 1.28. The molecule has 0 unspecified atom stereocenters. The van der Waals surface area contributed by atoms with E-state index >= 15 is 0 Å². The fraction of sp³-hybridized carbons (Fsp3) is 0.375. The predicted octanol–water partition coefficient (Wildman–Crippen LogP) is 1.08. The molecule has 0 aliphatic carbocycles. The number of carbonyl (C=O) groups is 1. The topological polar surface area (TPSA) is 52.1 Å². The van der Waals surface area contributed by atoms with Gasteiger partial charge in [-0.05, 0) is 6.92 Å². The number of aromatic nitrogens is 2. The second-order valence-corrected chi connectivity index (χ2v) is 2.23. The van der Waals surface area contributed by atoms with Crippen molar-refractivity contribution < 1.29 is 9.53 Å². The maximum Gasteiger partial charge on any atom is 0.232 e. The Kier molecular flexibility index (Phi) is 2.74. The van der Waals surface area contributed by atoms with Gasteiger partial charge in [-0.2, -0.15) is 0 Å². The summed E-state index contributed by atoms with van der Waals surface area (Å²) >= 11 is 0. The van der Waals surface area contributed by atoms with Crippen molar-refractivity contribution in [2.45, 2.75) is 13.8 Å². The number of ether oxygens (including phenoxy) is 1. The van der Waals surface area contributed by atoms with E-state index in [1.807, 2.05) is 6.92 Å². The highest BCUT2D eigenvalue weighted by Gasteiger charge is 2.01. The Balaban J connectivity index is 2.78. The highest BCUT2D eigenvalue weighted by molar-refractivity contribution is 5.91. The third kappa shape index (κ3) is 2.02. The van der Waals surface area contributed by atoms with E-state index in [9.17, 15) is 4.79 Å². The summed E-state index contributed by atoms with van der Waals surface area (Å²) in [7, 11) is 0. The van der Waals surface area contributed by atoms with Crippen LogP contribution in [0.3, 0.4) is 0 Å². The summed E-state index contributed by atoms with van der Waals surface area (Å²) in [5, 5.41) is 0. The Morgan fingerprint density at radius 3 is 2.67 bits per heavy atom. The van der Waals surface area contributed by atoms with E-state index in [1.165, 1.54) is 19.3 Å². The molecule has 0 bridgehead atoms. The Morgan fingerprint density at radius 2 is 2.25 bits per heavy atom. The lowest BCUT2D eigenvalue weighted by atomic mass is 10.3. The summed E-state index contributed by atoms with van der Waals surface area (Å²) in [4.78, 5) is 18.5. The summed E-state index contributed by atoms with van der Waals surface area (Å²) in [5.74, 6) is 0.355. The fourth-order valence-corrected chi connectivity index (χ4v) is 0.720. The van der Waals surface area contributed by atoms with Gasteiger partial charge in [-0.15, -0.1) is 0 Å². The van der Waals surface area contributed by atoms with Gasteiger partial charge in [-0.25, -0.2) is 9.97 Å². The average molecular weight is 166 g/mol. The van der Waals surface area contributed by atoms with Crippen molar-refractivity contribution in [1.29, 1.82) is 0 Å². The summed E-state index contributed by atoms with van der Waals surface area (Å²) in [6.07, 6.45) is 2.85. The van der Waals surface area contributed by atoms with Crippen LogP contribution >= 0.6 is 0 Å². The van der Waals surface area contributed by atoms with Crippen LogP contribution in [-0.2, 0) is 0 Å². The SMILES string of the molecule is CCOc1cnc(C(C)=O)cn1. The molecule has 12 heavy (non-hydrogen) atoms. The van der Waals surface area contributed by atoms with Crippen LogP contribution in [0.4, 0.5) is 0 Å². The molecule has 64 valence electrons. The number of nitrogens with zero attached hydrogens (tertiary/aromatic N) is 2.